The first-order chi connectivity index (χ1) is 28.7. The number of nitrogens with one attached hydrogen (secondary N) is 2. The second-order valence-corrected chi connectivity index (χ2v) is 18.3. The summed E-state index contributed by atoms with van der Waals surface area (Å²) in [5.74, 6) is -1.90. The first-order valence-corrected chi connectivity index (χ1v) is 21.2. The molecule has 0 spiro atoms. The zero-order valence-electron chi connectivity index (χ0n) is 33.7. The van der Waals surface area contributed by atoms with E-state index < -0.39 is 61.6 Å². The summed E-state index contributed by atoms with van der Waals surface area (Å²) >= 11 is 0. The molecule has 0 saturated carbocycles. The fraction of sp³-hybridized carbons (Fsp3) is 0.255. The molecule has 2 aliphatic rings. The van der Waals surface area contributed by atoms with E-state index in [9.17, 15) is 27.6 Å². The van der Waals surface area contributed by atoms with Crippen molar-refractivity contribution in [3.63, 3.8) is 0 Å². The minimum Gasteiger partial charge on any atom is -0.451 e. The Morgan fingerprint density at radius 2 is 1.38 bits per heavy atom. The van der Waals surface area contributed by atoms with Gasteiger partial charge < -0.3 is 25.0 Å². The predicted octanol–water partition coefficient (Wildman–Crippen LogP) is 6.99. The molecule has 7 rings (SSSR count). The number of fused-ring (bicyclic) bond motifs is 1. The van der Waals surface area contributed by atoms with Crippen LogP contribution >= 0.6 is 0 Å². The maximum Gasteiger partial charge on any atom is 0.408 e. The Morgan fingerprint density at radius 3 is 2.00 bits per heavy atom. The molecular weight excluding hydrogens is 781 g/mol. The van der Waals surface area contributed by atoms with Crippen molar-refractivity contribution >= 4 is 39.8 Å². The van der Waals surface area contributed by atoms with Gasteiger partial charge in [-0.05, 0) is 80.1 Å². The van der Waals surface area contributed by atoms with E-state index >= 15 is 0 Å². The summed E-state index contributed by atoms with van der Waals surface area (Å²) in [5, 5.41) is 4.13. The highest BCUT2D eigenvalue weighted by Crippen LogP contribution is 2.49. The zero-order valence-corrected chi connectivity index (χ0v) is 34.5. The van der Waals surface area contributed by atoms with Gasteiger partial charge in [0.2, 0.25) is 0 Å². The van der Waals surface area contributed by atoms with Crippen LogP contribution in [0.4, 0.5) is 4.79 Å². The van der Waals surface area contributed by atoms with Crippen LogP contribution in [-0.2, 0) is 34.5 Å². The molecule has 12 nitrogen and oxygen atoms in total. The van der Waals surface area contributed by atoms with Crippen molar-refractivity contribution in [1.82, 2.24) is 20.5 Å². The summed E-state index contributed by atoms with van der Waals surface area (Å²) < 4.78 is 38.0. The summed E-state index contributed by atoms with van der Waals surface area (Å²) in [6.07, 6.45) is 1.72. The van der Waals surface area contributed by atoms with E-state index in [1.165, 1.54) is 38.3 Å². The molecular formula is C47H46N4O8S. The Labute approximate surface area is 349 Å². The Hall–Kier alpha value is -6.60. The van der Waals surface area contributed by atoms with E-state index in [0.29, 0.717) is 17.5 Å². The van der Waals surface area contributed by atoms with Crippen LogP contribution in [0.25, 0.3) is 17.2 Å². The molecule has 2 saturated heterocycles. The lowest BCUT2D eigenvalue weighted by atomic mass is 9.94. The quantitative estimate of drug-likeness (QED) is 0.0552. The van der Waals surface area contributed by atoms with Crippen molar-refractivity contribution in [2.75, 3.05) is 13.1 Å². The van der Waals surface area contributed by atoms with Crippen molar-refractivity contribution in [1.29, 1.82) is 0 Å². The molecule has 2 N–H and O–H groups in total. The second-order valence-electron chi connectivity index (χ2n) is 15.7. The number of sulfone groups is 1. The summed E-state index contributed by atoms with van der Waals surface area (Å²) in [5.41, 5.74) is 3.85. The molecule has 308 valence electrons. The second kappa shape index (κ2) is 16.9. The minimum absolute atomic E-state index is 0.0589. The number of nitrogens with zero attached hydrogens (tertiary/aromatic N) is 2. The Morgan fingerprint density at radius 1 is 0.817 bits per heavy atom. The van der Waals surface area contributed by atoms with Crippen LogP contribution in [0.15, 0.2) is 139 Å². The Balaban J connectivity index is 0.940. The monoisotopic (exact) mass is 826 g/mol. The van der Waals surface area contributed by atoms with Crippen LogP contribution in [0.2, 0.25) is 0 Å². The van der Waals surface area contributed by atoms with Crippen LogP contribution < -0.4 is 10.6 Å². The molecule has 0 aliphatic carbocycles. The van der Waals surface area contributed by atoms with Gasteiger partial charge in [-0.15, -0.1) is 0 Å². The topological polar surface area (TPSA) is 161 Å². The molecule has 0 bridgehead atoms. The number of benzene rings is 4. The zero-order chi connectivity index (χ0) is 42.7. The summed E-state index contributed by atoms with van der Waals surface area (Å²) in [6, 6.07) is 37.6. The number of esters is 1. The van der Waals surface area contributed by atoms with Crippen LogP contribution in [-0.4, -0.2) is 71.4 Å². The SMILES string of the molecule is CC(C)(OC(=O)NCCCNC(=O)c1ccnc(C=C2C(=O)N3[C@@H](C(=O)OC(c4ccccc4)c4ccccc4)C(C)(C)S(=O)(=O)[C@H]23)c1)c1ccc(-c2ccccc2)cc1. The lowest BCUT2D eigenvalue weighted by molar-refractivity contribution is -0.160. The number of hydrogen-bond acceptors (Lipinski definition) is 9. The largest absolute Gasteiger partial charge is 0.451 e. The van der Waals surface area contributed by atoms with Crippen molar-refractivity contribution in [2.24, 2.45) is 0 Å². The minimum atomic E-state index is -4.12. The highest BCUT2D eigenvalue weighted by molar-refractivity contribution is 7.94. The van der Waals surface area contributed by atoms with E-state index in [4.69, 9.17) is 9.47 Å². The number of pyridine rings is 1. The molecule has 3 heterocycles. The van der Waals surface area contributed by atoms with Crippen molar-refractivity contribution in [3.8, 4) is 11.1 Å². The van der Waals surface area contributed by atoms with Crippen molar-refractivity contribution in [3.05, 3.63) is 167 Å². The van der Waals surface area contributed by atoms with Gasteiger partial charge >= 0.3 is 12.1 Å². The summed E-state index contributed by atoms with van der Waals surface area (Å²) in [6.45, 7) is 6.95. The van der Waals surface area contributed by atoms with Gasteiger partial charge in [0.1, 0.15) is 10.3 Å². The number of aromatic nitrogens is 1. The Bertz CT molecular complexity index is 2490. The van der Waals surface area contributed by atoms with Gasteiger partial charge in [0.15, 0.2) is 27.4 Å². The third-order valence-electron chi connectivity index (χ3n) is 10.9. The van der Waals surface area contributed by atoms with Gasteiger partial charge in [-0.3, -0.25) is 14.6 Å². The lowest BCUT2D eigenvalue weighted by Gasteiger charge is -2.38. The molecule has 2 fully saturated rings. The molecule has 13 heteroatoms. The number of amides is 3. The predicted molar refractivity (Wildman–Crippen MR) is 227 cm³/mol. The molecule has 1 aromatic heterocycles. The van der Waals surface area contributed by atoms with Crippen molar-refractivity contribution < 1.29 is 37.1 Å². The molecule has 0 radical (unpaired) electrons. The molecule has 4 aromatic carbocycles. The number of carbonyl (C=O) groups excluding carboxylic acids is 4. The van der Waals surface area contributed by atoms with Crippen LogP contribution in [0.3, 0.4) is 0 Å². The number of alkyl carbamates (subject to hydrolysis) is 1. The first-order valence-electron chi connectivity index (χ1n) is 19.6. The first kappa shape index (κ1) is 41.6. The van der Waals surface area contributed by atoms with Gasteiger partial charge in [0.05, 0.1) is 11.3 Å². The van der Waals surface area contributed by atoms with E-state index in [2.05, 4.69) is 15.6 Å². The number of ether oxygens (including phenoxy) is 2. The van der Waals surface area contributed by atoms with Gasteiger partial charge in [0.25, 0.3) is 11.8 Å². The number of β-lactam (4-membered cyclic amide) rings is 1. The van der Waals surface area contributed by atoms with E-state index in [1.54, 1.807) is 0 Å². The number of rotatable bonds is 13. The highest BCUT2D eigenvalue weighted by atomic mass is 32.2. The van der Waals surface area contributed by atoms with Crippen molar-refractivity contribution in [2.45, 2.75) is 62.0 Å². The summed E-state index contributed by atoms with van der Waals surface area (Å²) in [4.78, 5) is 58.7. The van der Waals surface area contributed by atoms with Crippen LogP contribution in [0, 0.1) is 0 Å². The van der Waals surface area contributed by atoms with Gasteiger partial charge in [-0.1, -0.05) is 115 Å². The molecule has 2 atom stereocenters. The maximum absolute atomic E-state index is 14.0. The molecule has 0 unspecified atom stereocenters. The van der Waals surface area contributed by atoms with E-state index in [-0.39, 0.29) is 29.9 Å². The molecule has 2 aliphatic heterocycles. The fourth-order valence-electron chi connectivity index (χ4n) is 7.52. The van der Waals surface area contributed by atoms with Gasteiger partial charge in [-0.2, -0.15) is 0 Å². The van der Waals surface area contributed by atoms with Gasteiger partial charge in [-0.25, -0.2) is 18.0 Å². The van der Waals surface area contributed by atoms with E-state index in [0.717, 1.165) is 21.6 Å². The lowest BCUT2D eigenvalue weighted by Crippen LogP contribution is -2.59. The molecule has 60 heavy (non-hydrogen) atoms. The number of carbonyl (C=O) groups is 4. The fourth-order valence-corrected chi connectivity index (χ4v) is 9.64. The highest BCUT2D eigenvalue weighted by Gasteiger charge is 2.70. The van der Waals surface area contributed by atoms with E-state index in [1.807, 2.05) is 129 Å². The molecule has 5 aromatic rings. The molecule has 3 amide bonds. The average Bonchev–Trinajstić information content (AvgIpc) is 3.40. The van der Waals surface area contributed by atoms with Crippen LogP contribution in [0.1, 0.15) is 73.0 Å². The average molecular weight is 827 g/mol. The smallest absolute Gasteiger partial charge is 0.408 e. The number of hydrogen-bond donors (Lipinski definition) is 2. The summed E-state index contributed by atoms with van der Waals surface area (Å²) in [7, 11) is -4.12. The normalized spacial score (nSPS) is 18.3. The van der Waals surface area contributed by atoms with Crippen LogP contribution in [0.5, 0.6) is 0 Å². The third-order valence-corrected chi connectivity index (χ3v) is 13.7. The third kappa shape index (κ3) is 8.30. The van der Waals surface area contributed by atoms with Gasteiger partial charge in [0, 0.05) is 24.8 Å². The maximum atomic E-state index is 14.0. The Kier molecular flexibility index (Phi) is 11.7. The standard InChI is InChI=1S/C47H46N4O8S/c1-46(2,36-23-21-32(22-24-36)31-15-8-5-9-16-31)59-45(55)50-27-14-26-49-41(52)35-25-28-48-37(29-35)30-38-42(53)51-40(47(3,4)60(56,57)43(38)51)44(54)58-39(33-17-10-6-11-18-33)34-19-12-7-13-20-34/h5-13,15-25,28-30,39-40,43H,14,26-27H2,1-4H3,(H,49,52)(H,50,55)/t40-,43+/m0/s1.